The van der Waals surface area contributed by atoms with E-state index < -0.39 is 10.0 Å². The van der Waals surface area contributed by atoms with Gasteiger partial charge in [-0.25, -0.2) is 13.6 Å². The molecule has 0 atom stereocenters. The van der Waals surface area contributed by atoms with Gasteiger partial charge < -0.3 is 4.74 Å². The molecule has 5 heteroatoms. The van der Waals surface area contributed by atoms with Crippen molar-refractivity contribution < 1.29 is 13.2 Å². The van der Waals surface area contributed by atoms with Crippen molar-refractivity contribution in [3.8, 4) is 5.75 Å². The Kier molecular flexibility index (Phi) is 7.02. The maximum Gasteiger partial charge on any atom is 0.241 e. The lowest BCUT2D eigenvalue weighted by atomic mass is 10.1. The van der Waals surface area contributed by atoms with Gasteiger partial charge in [0.2, 0.25) is 10.0 Å². The van der Waals surface area contributed by atoms with Crippen molar-refractivity contribution in [2.75, 3.05) is 6.61 Å². The minimum Gasteiger partial charge on any atom is -0.492 e. The highest BCUT2D eigenvalue weighted by Crippen LogP contribution is 2.24. The van der Waals surface area contributed by atoms with Gasteiger partial charge in [0.25, 0.3) is 0 Å². The first kappa shape index (κ1) is 17.0. The number of unbranched alkanes of at least 4 members (excludes halogenated alkanes) is 5. The lowest BCUT2D eigenvalue weighted by Gasteiger charge is -2.11. The van der Waals surface area contributed by atoms with Crippen LogP contribution >= 0.6 is 0 Å². The summed E-state index contributed by atoms with van der Waals surface area (Å²) < 4.78 is 28.6. The molecular weight excluding hydrogens is 274 g/mol. The summed E-state index contributed by atoms with van der Waals surface area (Å²) in [6.45, 7) is 4.54. The molecule has 0 saturated heterocycles. The fraction of sp³-hybridized carbons (Fsp3) is 0.600. The molecule has 1 aromatic carbocycles. The third-order valence-corrected chi connectivity index (χ3v) is 4.09. The molecule has 1 aromatic rings. The third-order valence-electron chi connectivity index (χ3n) is 3.16. The molecule has 0 unspecified atom stereocenters. The van der Waals surface area contributed by atoms with Crippen molar-refractivity contribution >= 4 is 10.0 Å². The van der Waals surface area contributed by atoms with E-state index in [4.69, 9.17) is 9.88 Å². The fourth-order valence-electron chi connectivity index (χ4n) is 2.02. The van der Waals surface area contributed by atoms with Crippen molar-refractivity contribution in [3.63, 3.8) is 0 Å². The summed E-state index contributed by atoms with van der Waals surface area (Å²) in [5, 5.41) is 5.20. The van der Waals surface area contributed by atoms with Gasteiger partial charge in [0.1, 0.15) is 10.6 Å². The van der Waals surface area contributed by atoms with Crippen LogP contribution in [0.4, 0.5) is 0 Å². The quantitative estimate of drug-likeness (QED) is 0.711. The van der Waals surface area contributed by atoms with Crippen molar-refractivity contribution in [1.29, 1.82) is 0 Å². The molecule has 20 heavy (non-hydrogen) atoms. The highest BCUT2D eigenvalue weighted by atomic mass is 32.2. The van der Waals surface area contributed by atoms with Gasteiger partial charge in [0, 0.05) is 0 Å². The summed E-state index contributed by atoms with van der Waals surface area (Å²) in [6, 6.07) is 5.04. The topological polar surface area (TPSA) is 69.4 Å². The van der Waals surface area contributed by atoms with E-state index in [1.807, 2.05) is 13.0 Å². The molecular formula is C15H25NO3S. The Morgan fingerprint density at radius 2 is 1.75 bits per heavy atom. The normalized spacial score (nSPS) is 11.6. The minimum absolute atomic E-state index is 0.0727. The molecule has 0 aromatic heterocycles. The number of primary sulfonamides is 1. The van der Waals surface area contributed by atoms with Crippen LogP contribution in [0.3, 0.4) is 0 Å². The number of hydrogen-bond acceptors (Lipinski definition) is 3. The third kappa shape index (κ3) is 5.92. The predicted molar refractivity (Wildman–Crippen MR) is 81.4 cm³/mol. The molecule has 4 nitrogen and oxygen atoms in total. The highest BCUT2D eigenvalue weighted by molar-refractivity contribution is 7.89. The number of aryl methyl sites for hydroxylation is 1. The summed E-state index contributed by atoms with van der Waals surface area (Å²) in [6.07, 6.45) is 7.00. The lowest BCUT2D eigenvalue weighted by Crippen LogP contribution is -2.14. The number of hydrogen-bond donors (Lipinski definition) is 1. The van der Waals surface area contributed by atoms with Crippen molar-refractivity contribution in [2.24, 2.45) is 5.14 Å². The Hall–Kier alpha value is -1.07. The first-order valence-electron chi connectivity index (χ1n) is 7.21. The van der Waals surface area contributed by atoms with Gasteiger partial charge >= 0.3 is 0 Å². The number of rotatable bonds is 9. The largest absolute Gasteiger partial charge is 0.492 e. The van der Waals surface area contributed by atoms with Crippen molar-refractivity contribution in [3.05, 3.63) is 23.8 Å². The van der Waals surface area contributed by atoms with Gasteiger partial charge in [-0.3, -0.25) is 0 Å². The lowest BCUT2D eigenvalue weighted by molar-refractivity contribution is 0.297. The van der Waals surface area contributed by atoms with E-state index in [0.717, 1.165) is 18.4 Å². The zero-order chi connectivity index (χ0) is 15.0. The highest BCUT2D eigenvalue weighted by Gasteiger charge is 2.15. The molecule has 0 aliphatic heterocycles. The van der Waals surface area contributed by atoms with E-state index in [0.29, 0.717) is 12.4 Å². The Labute approximate surface area is 122 Å². The van der Waals surface area contributed by atoms with Crippen LogP contribution in [0.1, 0.15) is 51.0 Å². The molecule has 0 aliphatic rings. The molecule has 114 valence electrons. The Morgan fingerprint density at radius 3 is 2.40 bits per heavy atom. The second-order valence-corrected chi connectivity index (χ2v) is 6.64. The maximum atomic E-state index is 11.5. The van der Waals surface area contributed by atoms with E-state index in [2.05, 4.69) is 6.92 Å². The van der Waals surface area contributed by atoms with Gasteiger partial charge in [-0.2, -0.15) is 0 Å². The molecule has 2 N–H and O–H groups in total. The Morgan fingerprint density at radius 1 is 1.10 bits per heavy atom. The summed E-state index contributed by atoms with van der Waals surface area (Å²) >= 11 is 0. The average Bonchev–Trinajstić information content (AvgIpc) is 2.38. The zero-order valence-corrected chi connectivity index (χ0v) is 13.2. The van der Waals surface area contributed by atoms with E-state index in [-0.39, 0.29) is 4.90 Å². The van der Waals surface area contributed by atoms with Crippen LogP contribution < -0.4 is 9.88 Å². The van der Waals surface area contributed by atoms with Gasteiger partial charge in [0.05, 0.1) is 6.61 Å². The van der Waals surface area contributed by atoms with Crippen LogP contribution in [0.15, 0.2) is 23.1 Å². The van der Waals surface area contributed by atoms with Gasteiger partial charge in [-0.15, -0.1) is 0 Å². The number of ether oxygens (including phenoxy) is 1. The van der Waals surface area contributed by atoms with Crippen LogP contribution in [-0.4, -0.2) is 15.0 Å². The maximum absolute atomic E-state index is 11.5. The summed E-state index contributed by atoms with van der Waals surface area (Å²) in [7, 11) is -3.74. The molecule has 0 aliphatic carbocycles. The van der Waals surface area contributed by atoms with Gasteiger partial charge in [0.15, 0.2) is 0 Å². The van der Waals surface area contributed by atoms with Gasteiger partial charge in [-0.1, -0.05) is 45.1 Å². The molecule has 0 amide bonds. The predicted octanol–water partition coefficient (Wildman–Crippen LogP) is 3.38. The molecule has 0 bridgehead atoms. The van der Waals surface area contributed by atoms with E-state index in [9.17, 15) is 8.42 Å². The van der Waals surface area contributed by atoms with Crippen LogP contribution in [0, 0.1) is 6.92 Å². The second-order valence-electron chi connectivity index (χ2n) is 5.11. The fourth-order valence-corrected chi connectivity index (χ4v) is 2.78. The number of sulfonamides is 1. The number of nitrogens with two attached hydrogens (primary N) is 1. The van der Waals surface area contributed by atoms with E-state index >= 15 is 0 Å². The molecule has 0 heterocycles. The Balaban J connectivity index is 2.48. The molecule has 0 fully saturated rings. The standard InChI is InChI=1S/C15H25NO3S/c1-3-4-5-6-7-8-11-19-14-10-9-13(2)12-15(14)20(16,17)18/h9-10,12H,3-8,11H2,1-2H3,(H2,16,17,18). The van der Waals surface area contributed by atoms with Crippen LogP contribution in [0.2, 0.25) is 0 Å². The molecule has 0 radical (unpaired) electrons. The monoisotopic (exact) mass is 299 g/mol. The molecule has 1 rings (SSSR count). The van der Waals surface area contributed by atoms with E-state index in [1.54, 1.807) is 12.1 Å². The first-order chi connectivity index (χ1) is 9.45. The molecule has 0 saturated carbocycles. The summed E-state index contributed by atoms with van der Waals surface area (Å²) in [5.41, 5.74) is 0.848. The zero-order valence-electron chi connectivity index (χ0n) is 12.4. The van der Waals surface area contributed by atoms with E-state index in [1.165, 1.54) is 25.7 Å². The van der Waals surface area contributed by atoms with Crippen LogP contribution in [-0.2, 0) is 10.0 Å². The molecule has 0 spiro atoms. The van der Waals surface area contributed by atoms with Crippen LogP contribution in [0.5, 0.6) is 5.75 Å². The SMILES string of the molecule is CCCCCCCCOc1ccc(C)cc1S(N)(=O)=O. The smallest absolute Gasteiger partial charge is 0.241 e. The first-order valence-corrected chi connectivity index (χ1v) is 8.76. The summed E-state index contributed by atoms with van der Waals surface area (Å²) in [5.74, 6) is 0.353. The number of benzene rings is 1. The summed E-state index contributed by atoms with van der Waals surface area (Å²) in [4.78, 5) is 0.0727. The second kappa shape index (κ2) is 8.27. The average molecular weight is 299 g/mol. The van der Waals surface area contributed by atoms with Crippen LogP contribution in [0.25, 0.3) is 0 Å². The minimum atomic E-state index is -3.74. The van der Waals surface area contributed by atoms with Crippen molar-refractivity contribution in [2.45, 2.75) is 57.3 Å². The van der Waals surface area contributed by atoms with Crippen molar-refractivity contribution in [1.82, 2.24) is 0 Å². The van der Waals surface area contributed by atoms with Gasteiger partial charge in [-0.05, 0) is 31.0 Å². The Bertz CT molecular complexity index is 512.